The molecule has 0 saturated heterocycles. The monoisotopic (exact) mass is 284 g/mol. The molecule has 0 amide bonds. The third kappa shape index (κ3) is 3.44. The van der Waals surface area contributed by atoms with Gasteiger partial charge in [0, 0.05) is 11.8 Å². The topological polar surface area (TPSA) is 72.3 Å². The maximum absolute atomic E-state index is 12.0. The smallest absolute Gasteiger partial charge is 0.477 e. The van der Waals surface area contributed by atoms with Gasteiger partial charge in [0.25, 0.3) is 0 Å². The first-order valence-corrected chi connectivity index (χ1v) is 5.28. The summed E-state index contributed by atoms with van der Waals surface area (Å²) < 4.78 is 39.7. The van der Waals surface area contributed by atoms with Crippen molar-refractivity contribution in [1.82, 2.24) is 9.97 Å². The van der Waals surface area contributed by atoms with Crippen molar-refractivity contribution in [1.29, 1.82) is 0 Å². The first-order chi connectivity index (χ1) is 9.35. The summed E-state index contributed by atoms with van der Waals surface area (Å²) in [6.45, 7) is 0. The number of carboxylic acids is 1. The number of aromatic carboxylic acids is 1. The molecule has 0 aliphatic rings. The summed E-state index contributed by atoms with van der Waals surface area (Å²) in [5.74, 6) is -1.50. The molecule has 1 N–H and O–H groups in total. The largest absolute Gasteiger partial charge is 0.573 e. The van der Waals surface area contributed by atoms with Gasteiger partial charge in [0.15, 0.2) is 11.5 Å². The number of benzene rings is 1. The van der Waals surface area contributed by atoms with Crippen LogP contribution < -0.4 is 4.74 Å². The van der Waals surface area contributed by atoms with Crippen LogP contribution in [0.4, 0.5) is 13.2 Å². The Morgan fingerprint density at radius 2 is 1.80 bits per heavy atom. The highest BCUT2D eigenvalue weighted by Gasteiger charge is 2.30. The minimum absolute atomic E-state index is 0.100. The molecule has 8 heteroatoms. The number of carboxylic acid groups (broad SMARTS) is 1. The van der Waals surface area contributed by atoms with Crippen molar-refractivity contribution in [3.63, 3.8) is 0 Å². The molecule has 2 rings (SSSR count). The van der Waals surface area contributed by atoms with Crippen molar-refractivity contribution in [3.8, 4) is 17.1 Å². The molecule has 104 valence electrons. The van der Waals surface area contributed by atoms with Gasteiger partial charge in [-0.3, -0.25) is 0 Å². The maximum Gasteiger partial charge on any atom is 0.573 e. The number of halogens is 3. The number of hydrogen-bond acceptors (Lipinski definition) is 4. The minimum atomic E-state index is -4.76. The number of aromatic nitrogens is 2. The summed E-state index contributed by atoms with van der Waals surface area (Å²) in [5.41, 5.74) is 0.174. The molecule has 0 unspecified atom stereocenters. The van der Waals surface area contributed by atoms with Crippen molar-refractivity contribution in [2.45, 2.75) is 6.36 Å². The highest BCUT2D eigenvalue weighted by Crippen LogP contribution is 2.25. The SMILES string of the molecule is O=C(O)c1ccnc(-c2ccc(OC(F)(F)F)cc2)n1. The molecule has 0 atom stereocenters. The standard InChI is InChI=1S/C12H7F3N2O3/c13-12(14,15)20-8-3-1-7(2-4-8)10-16-6-5-9(17-10)11(18)19/h1-6H,(H,18,19). The number of hydrogen-bond donors (Lipinski definition) is 1. The summed E-state index contributed by atoms with van der Waals surface area (Å²) in [6.07, 6.45) is -3.51. The lowest BCUT2D eigenvalue weighted by Crippen LogP contribution is -2.16. The van der Waals surface area contributed by atoms with Crippen LogP contribution in [0.1, 0.15) is 10.5 Å². The fourth-order valence-corrected chi connectivity index (χ4v) is 1.42. The van der Waals surface area contributed by atoms with Gasteiger partial charge in [-0.25, -0.2) is 14.8 Å². The lowest BCUT2D eigenvalue weighted by Gasteiger charge is -2.09. The number of rotatable bonds is 3. The van der Waals surface area contributed by atoms with Gasteiger partial charge in [0.1, 0.15) is 5.75 Å². The number of carbonyl (C=O) groups is 1. The molecule has 5 nitrogen and oxygen atoms in total. The van der Waals surface area contributed by atoms with Gasteiger partial charge in [-0.1, -0.05) is 0 Å². The van der Waals surface area contributed by atoms with Crippen molar-refractivity contribution in [2.24, 2.45) is 0 Å². The predicted molar refractivity (Wildman–Crippen MR) is 61.1 cm³/mol. The lowest BCUT2D eigenvalue weighted by molar-refractivity contribution is -0.274. The Kier molecular flexibility index (Phi) is 3.55. The zero-order chi connectivity index (χ0) is 14.8. The van der Waals surface area contributed by atoms with Gasteiger partial charge in [0.05, 0.1) is 0 Å². The number of ether oxygens (including phenoxy) is 1. The first-order valence-electron chi connectivity index (χ1n) is 5.28. The summed E-state index contributed by atoms with van der Waals surface area (Å²) in [4.78, 5) is 18.4. The number of alkyl halides is 3. The number of nitrogens with zero attached hydrogens (tertiary/aromatic N) is 2. The van der Waals surface area contributed by atoms with E-state index >= 15 is 0 Å². The zero-order valence-electron chi connectivity index (χ0n) is 9.76. The van der Waals surface area contributed by atoms with E-state index < -0.39 is 12.3 Å². The fraction of sp³-hybridized carbons (Fsp3) is 0.0833. The van der Waals surface area contributed by atoms with Crippen LogP contribution in [-0.2, 0) is 0 Å². The van der Waals surface area contributed by atoms with Crippen LogP contribution in [0.2, 0.25) is 0 Å². The Morgan fingerprint density at radius 1 is 1.15 bits per heavy atom. The molecule has 1 aromatic carbocycles. The van der Waals surface area contributed by atoms with E-state index in [4.69, 9.17) is 5.11 Å². The van der Waals surface area contributed by atoms with E-state index in [-0.39, 0.29) is 17.3 Å². The third-order valence-electron chi connectivity index (χ3n) is 2.22. The zero-order valence-corrected chi connectivity index (χ0v) is 9.76. The van der Waals surface area contributed by atoms with E-state index in [1.54, 1.807) is 0 Å². The van der Waals surface area contributed by atoms with E-state index in [9.17, 15) is 18.0 Å². The minimum Gasteiger partial charge on any atom is -0.477 e. The van der Waals surface area contributed by atoms with Crippen LogP contribution in [0.15, 0.2) is 36.5 Å². The average molecular weight is 284 g/mol. The van der Waals surface area contributed by atoms with E-state index in [0.717, 1.165) is 12.1 Å². The van der Waals surface area contributed by atoms with Crippen LogP contribution >= 0.6 is 0 Å². The summed E-state index contributed by atoms with van der Waals surface area (Å²) >= 11 is 0. The van der Waals surface area contributed by atoms with Crippen LogP contribution in [0.25, 0.3) is 11.4 Å². The molecule has 0 spiro atoms. The Labute approximate surface area is 110 Å². The molecule has 20 heavy (non-hydrogen) atoms. The highest BCUT2D eigenvalue weighted by molar-refractivity contribution is 5.85. The van der Waals surface area contributed by atoms with E-state index in [2.05, 4.69) is 14.7 Å². The molecule has 1 aromatic heterocycles. The molecular formula is C12H7F3N2O3. The molecule has 1 heterocycles. The van der Waals surface area contributed by atoms with Gasteiger partial charge in [-0.05, 0) is 30.3 Å². The normalized spacial score (nSPS) is 11.2. The maximum atomic E-state index is 12.0. The van der Waals surface area contributed by atoms with Crippen LogP contribution in [0.5, 0.6) is 5.75 Å². The summed E-state index contributed by atoms with van der Waals surface area (Å²) in [7, 11) is 0. The van der Waals surface area contributed by atoms with Gasteiger partial charge in [-0.2, -0.15) is 0 Å². The first kappa shape index (κ1) is 13.8. The summed E-state index contributed by atoms with van der Waals surface area (Å²) in [6, 6.07) is 6.02. The fourth-order valence-electron chi connectivity index (χ4n) is 1.42. The molecular weight excluding hydrogens is 277 g/mol. The second-order valence-electron chi connectivity index (χ2n) is 3.64. The van der Waals surface area contributed by atoms with Crippen LogP contribution in [0.3, 0.4) is 0 Å². The highest BCUT2D eigenvalue weighted by atomic mass is 19.4. The molecule has 0 saturated carbocycles. The second-order valence-corrected chi connectivity index (χ2v) is 3.64. The molecule has 0 aliphatic heterocycles. The van der Waals surface area contributed by atoms with Crippen LogP contribution in [0, 0.1) is 0 Å². The summed E-state index contributed by atoms with van der Waals surface area (Å²) in [5, 5.41) is 8.79. The average Bonchev–Trinajstić information content (AvgIpc) is 2.38. The van der Waals surface area contributed by atoms with Gasteiger partial charge < -0.3 is 9.84 Å². The molecule has 0 fully saturated rings. The van der Waals surface area contributed by atoms with Crippen molar-refractivity contribution < 1.29 is 27.8 Å². The van der Waals surface area contributed by atoms with E-state index in [0.29, 0.717) is 5.56 Å². The molecule has 2 aromatic rings. The molecule has 0 bridgehead atoms. The molecule has 0 aliphatic carbocycles. The Hall–Kier alpha value is -2.64. The van der Waals surface area contributed by atoms with Crippen molar-refractivity contribution in [2.75, 3.05) is 0 Å². The van der Waals surface area contributed by atoms with Gasteiger partial charge in [-0.15, -0.1) is 13.2 Å². The Morgan fingerprint density at radius 3 is 2.35 bits per heavy atom. The van der Waals surface area contributed by atoms with Gasteiger partial charge in [0.2, 0.25) is 0 Å². The van der Waals surface area contributed by atoms with E-state index in [1.807, 2.05) is 0 Å². The van der Waals surface area contributed by atoms with Crippen molar-refractivity contribution >= 4 is 5.97 Å². The quantitative estimate of drug-likeness (QED) is 0.938. The lowest BCUT2D eigenvalue weighted by atomic mass is 10.2. The predicted octanol–water partition coefficient (Wildman–Crippen LogP) is 2.74. The molecule has 0 radical (unpaired) electrons. The second kappa shape index (κ2) is 5.16. The Bertz CT molecular complexity index is 627. The van der Waals surface area contributed by atoms with Crippen LogP contribution in [-0.4, -0.2) is 27.4 Å². The van der Waals surface area contributed by atoms with E-state index in [1.165, 1.54) is 24.4 Å². The van der Waals surface area contributed by atoms with Crippen molar-refractivity contribution in [3.05, 3.63) is 42.2 Å². The Balaban J connectivity index is 2.26. The third-order valence-corrected chi connectivity index (χ3v) is 2.22. The van der Waals surface area contributed by atoms with Gasteiger partial charge >= 0.3 is 12.3 Å².